The molecule has 0 aromatic rings. The number of hydrogen-bond donors (Lipinski definition) is 2. The van der Waals surface area contributed by atoms with Crippen LogP contribution in [0.15, 0.2) is 0 Å². The second kappa shape index (κ2) is 5.43. The summed E-state index contributed by atoms with van der Waals surface area (Å²) in [5.41, 5.74) is 0. The van der Waals surface area contributed by atoms with Crippen LogP contribution in [0.25, 0.3) is 0 Å². The molecule has 0 aliphatic carbocycles. The molecule has 2 N–H and O–H groups in total. The summed E-state index contributed by atoms with van der Waals surface area (Å²) in [5, 5.41) is 4.14. The largest absolute Gasteiger partial charge is 0.405 e. The van der Waals surface area contributed by atoms with Gasteiger partial charge in [0.2, 0.25) is 5.91 Å². The van der Waals surface area contributed by atoms with E-state index in [0.717, 1.165) is 0 Å². The predicted octanol–water partition coefficient (Wildman–Crippen LogP) is -0.112. The van der Waals surface area contributed by atoms with E-state index < -0.39 is 18.6 Å². The maximum atomic E-state index is 11.5. The van der Waals surface area contributed by atoms with Gasteiger partial charge >= 0.3 is 6.18 Å². The summed E-state index contributed by atoms with van der Waals surface area (Å²) in [7, 11) is 0. The average molecular weight is 194 g/mol. The smallest absolute Gasteiger partial charge is 0.346 e. The number of nitrogens with one attached hydrogen (secondary N) is 2. The van der Waals surface area contributed by atoms with Gasteiger partial charge in [0.15, 0.2) is 0 Å². The van der Waals surface area contributed by atoms with E-state index in [1.165, 1.54) is 0 Å². The van der Waals surface area contributed by atoms with Crippen molar-refractivity contribution in [3.05, 3.63) is 0 Å². The Kier molecular flexibility index (Phi) is 4.92. The van der Waals surface area contributed by atoms with Gasteiger partial charge in [-0.15, -0.1) is 6.42 Å². The molecule has 1 amide bonds. The van der Waals surface area contributed by atoms with Crippen LogP contribution in [0.5, 0.6) is 0 Å². The fourth-order valence-corrected chi connectivity index (χ4v) is 0.510. The first-order chi connectivity index (χ1) is 5.95. The zero-order chi connectivity index (χ0) is 10.3. The SMILES string of the molecule is C#CCNCC(=O)NCC(F)(F)F. The summed E-state index contributed by atoms with van der Waals surface area (Å²) in [6.07, 6.45) is 0.461. The van der Waals surface area contributed by atoms with Gasteiger partial charge in [0.1, 0.15) is 6.54 Å². The van der Waals surface area contributed by atoms with Crippen LogP contribution in [0.4, 0.5) is 13.2 Å². The van der Waals surface area contributed by atoms with E-state index in [9.17, 15) is 18.0 Å². The van der Waals surface area contributed by atoms with Crippen LogP contribution in [0, 0.1) is 12.3 Å². The molecule has 0 unspecified atom stereocenters. The predicted molar refractivity (Wildman–Crippen MR) is 40.8 cm³/mol. The van der Waals surface area contributed by atoms with E-state index in [1.54, 1.807) is 5.32 Å². The minimum absolute atomic E-state index is 0.152. The average Bonchev–Trinajstić information content (AvgIpc) is 2.00. The number of terminal acetylenes is 1. The molecular weight excluding hydrogens is 185 g/mol. The van der Waals surface area contributed by atoms with Crippen LogP contribution < -0.4 is 10.6 Å². The molecule has 0 fully saturated rings. The lowest BCUT2D eigenvalue weighted by atomic mass is 10.5. The zero-order valence-corrected chi connectivity index (χ0v) is 6.74. The Morgan fingerprint density at radius 1 is 1.46 bits per heavy atom. The Morgan fingerprint density at radius 3 is 2.54 bits per heavy atom. The van der Waals surface area contributed by atoms with Gasteiger partial charge in [0.05, 0.1) is 13.1 Å². The molecule has 0 aliphatic rings. The Morgan fingerprint density at radius 2 is 2.08 bits per heavy atom. The normalized spacial score (nSPS) is 10.6. The van der Waals surface area contributed by atoms with Gasteiger partial charge in [-0.3, -0.25) is 10.1 Å². The van der Waals surface area contributed by atoms with E-state index in [-0.39, 0.29) is 13.1 Å². The molecule has 6 heteroatoms. The second-order valence-corrected chi connectivity index (χ2v) is 2.20. The summed E-state index contributed by atoms with van der Waals surface area (Å²) in [6.45, 7) is -1.37. The molecular formula is C7H9F3N2O. The molecule has 13 heavy (non-hydrogen) atoms. The Hall–Kier alpha value is -1.22. The molecule has 0 heterocycles. The summed E-state index contributed by atoms with van der Waals surface area (Å²) >= 11 is 0. The zero-order valence-electron chi connectivity index (χ0n) is 6.74. The van der Waals surface area contributed by atoms with Crippen LogP contribution in [0.3, 0.4) is 0 Å². The van der Waals surface area contributed by atoms with Crippen molar-refractivity contribution >= 4 is 5.91 Å². The molecule has 0 rings (SSSR count). The summed E-state index contributed by atoms with van der Waals surface area (Å²) < 4.78 is 34.6. The van der Waals surface area contributed by atoms with E-state index in [4.69, 9.17) is 6.42 Å². The first-order valence-electron chi connectivity index (χ1n) is 3.43. The Bertz CT molecular complexity index is 207. The second-order valence-electron chi connectivity index (χ2n) is 2.20. The fourth-order valence-electron chi connectivity index (χ4n) is 0.510. The van der Waals surface area contributed by atoms with Gasteiger partial charge in [-0.2, -0.15) is 13.2 Å². The number of alkyl halides is 3. The van der Waals surface area contributed by atoms with Gasteiger partial charge < -0.3 is 5.32 Å². The topological polar surface area (TPSA) is 41.1 Å². The molecule has 0 aromatic heterocycles. The fraction of sp³-hybridized carbons (Fsp3) is 0.571. The third-order valence-electron chi connectivity index (χ3n) is 0.999. The van der Waals surface area contributed by atoms with Crippen molar-refractivity contribution in [2.45, 2.75) is 6.18 Å². The third-order valence-corrected chi connectivity index (χ3v) is 0.999. The minimum atomic E-state index is -4.37. The molecule has 0 radical (unpaired) electrons. The van der Waals surface area contributed by atoms with E-state index in [2.05, 4.69) is 11.2 Å². The highest BCUT2D eigenvalue weighted by Crippen LogP contribution is 2.11. The number of rotatable bonds is 4. The lowest BCUT2D eigenvalue weighted by Crippen LogP contribution is -2.39. The van der Waals surface area contributed by atoms with Crippen molar-refractivity contribution in [3.63, 3.8) is 0 Å². The monoisotopic (exact) mass is 194 g/mol. The number of carbonyl (C=O) groups is 1. The van der Waals surface area contributed by atoms with Crippen molar-refractivity contribution in [3.8, 4) is 12.3 Å². The van der Waals surface area contributed by atoms with Gasteiger partial charge in [-0.1, -0.05) is 5.92 Å². The summed E-state index contributed by atoms with van der Waals surface area (Å²) in [6, 6.07) is 0. The van der Waals surface area contributed by atoms with Gasteiger partial charge in [-0.25, -0.2) is 0 Å². The molecule has 0 aromatic carbocycles. The molecule has 74 valence electrons. The van der Waals surface area contributed by atoms with E-state index in [1.807, 2.05) is 0 Å². The molecule has 0 atom stereocenters. The maximum absolute atomic E-state index is 11.5. The maximum Gasteiger partial charge on any atom is 0.405 e. The minimum Gasteiger partial charge on any atom is -0.346 e. The van der Waals surface area contributed by atoms with Crippen molar-refractivity contribution in [2.75, 3.05) is 19.6 Å². The van der Waals surface area contributed by atoms with E-state index in [0.29, 0.717) is 0 Å². The van der Waals surface area contributed by atoms with Crippen LogP contribution in [-0.2, 0) is 4.79 Å². The highest BCUT2D eigenvalue weighted by molar-refractivity contribution is 5.78. The van der Waals surface area contributed by atoms with Crippen LogP contribution in [0.1, 0.15) is 0 Å². The molecule has 0 spiro atoms. The van der Waals surface area contributed by atoms with Crippen molar-refractivity contribution in [1.29, 1.82) is 0 Å². The lowest BCUT2D eigenvalue weighted by molar-refractivity contribution is -0.137. The molecule has 0 saturated heterocycles. The van der Waals surface area contributed by atoms with Gasteiger partial charge in [0.25, 0.3) is 0 Å². The molecule has 0 saturated carbocycles. The van der Waals surface area contributed by atoms with E-state index >= 15 is 0 Å². The molecule has 3 nitrogen and oxygen atoms in total. The van der Waals surface area contributed by atoms with Crippen molar-refractivity contribution < 1.29 is 18.0 Å². The lowest BCUT2D eigenvalue weighted by Gasteiger charge is -2.07. The summed E-state index contributed by atoms with van der Waals surface area (Å²) in [5.74, 6) is 1.45. The Balaban J connectivity index is 3.48. The highest BCUT2D eigenvalue weighted by atomic mass is 19.4. The molecule has 0 aliphatic heterocycles. The number of hydrogen-bond acceptors (Lipinski definition) is 2. The first kappa shape index (κ1) is 11.8. The summed E-state index contributed by atoms with van der Waals surface area (Å²) in [4.78, 5) is 10.6. The number of amides is 1. The third kappa shape index (κ3) is 8.69. The van der Waals surface area contributed by atoms with Crippen molar-refractivity contribution in [2.24, 2.45) is 0 Å². The van der Waals surface area contributed by atoms with Gasteiger partial charge in [-0.05, 0) is 0 Å². The first-order valence-corrected chi connectivity index (χ1v) is 3.43. The van der Waals surface area contributed by atoms with Crippen molar-refractivity contribution in [1.82, 2.24) is 10.6 Å². The van der Waals surface area contributed by atoms with Crippen LogP contribution >= 0.6 is 0 Å². The molecule has 0 bridgehead atoms. The highest BCUT2D eigenvalue weighted by Gasteiger charge is 2.27. The quantitative estimate of drug-likeness (QED) is 0.484. The van der Waals surface area contributed by atoms with Crippen LogP contribution in [0.2, 0.25) is 0 Å². The van der Waals surface area contributed by atoms with Crippen LogP contribution in [-0.4, -0.2) is 31.7 Å². The number of halogens is 3. The number of carbonyl (C=O) groups excluding carboxylic acids is 1. The standard InChI is InChI=1S/C7H9F3N2O/c1-2-3-11-4-6(13)12-5-7(8,9)10/h1,11H,3-5H2,(H,12,13). The van der Waals surface area contributed by atoms with Gasteiger partial charge in [0, 0.05) is 0 Å². The Labute approximate surface area is 73.7 Å².